The van der Waals surface area contributed by atoms with Gasteiger partial charge in [0.15, 0.2) is 0 Å². The van der Waals surface area contributed by atoms with Crippen molar-refractivity contribution < 1.29 is 24.6 Å². The number of benzene rings is 1. The number of ketones is 1. The summed E-state index contributed by atoms with van der Waals surface area (Å²) in [5, 5.41) is 20.9. The van der Waals surface area contributed by atoms with E-state index in [0.29, 0.717) is 0 Å². The van der Waals surface area contributed by atoms with Crippen LogP contribution >= 0.6 is 0 Å². The van der Waals surface area contributed by atoms with E-state index in [4.69, 9.17) is 0 Å². The Bertz CT molecular complexity index is 556. The molecule has 16 heavy (non-hydrogen) atoms. The van der Waals surface area contributed by atoms with Gasteiger partial charge in [0.2, 0.25) is 5.78 Å². The molecular weight excluding hydrogens is 212 g/mol. The summed E-state index contributed by atoms with van der Waals surface area (Å²) in [4.78, 5) is 31.4. The average molecular weight is 218 g/mol. The molecule has 0 atom stereocenters. The SMILES string of the molecule is O=C([O-])C=c1ccccc1=CC(=O)C(=O)[O-]. The number of carboxylic acids is 2. The van der Waals surface area contributed by atoms with Gasteiger partial charge in [0, 0.05) is 0 Å². The molecule has 0 saturated carbocycles. The van der Waals surface area contributed by atoms with Crippen LogP contribution in [0.3, 0.4) is 0 Å². The minimum absolute atomic E-state index is 0.181. The lowest BCUT2D eigenvalue weighted by atomic mass is 10.2. The van der Waals surface area contributed by atoms with Crippen molar-refractivity contribution in [3.8, 4) is 0 Å². The molecule has 0 fully saturated rings. The van der Waals surface area contributed by atoms with E-state index in [-0.39, 0.29) is 10.4 Å². The van der Waals surface area contributed by atoms with Crippen LogP contribution in [0.15, 0.2) is 24.3 Å². The summed E-state index contributed by atoms with van der Waals surface area (Å²) < 4.78 is 0. The molecule has 1 aromatic carbocycles. The third kappa shape index (κ3) is 3.06. The summed E-state index contributed by atoms with van der Waals surface area (Å²) in [6.45, 7) is 0. The average Bonchev–Trinajstić information content (AvgIpc) is 2.20. The molecule has 1 aromatic rings. The van der Waals surface area contributed by atoms with Crippen LogP contribution in [0.1, 0.15) is 0 Å². The topological polar surface area (TPSA) is 97.3 Å². The molecule has 0 unspecified atom stereocenters. The van der Waals surface area contributed by atoms with Gasteiger partial charge in [-0.3, -0.25) is 4.79 Å². The summed E-state index contributed by atoms with van der Waals surface area (Å²) in [6, 6.07) is 5.93. The summed E-state index contributed by atoms with van der Waals surface area (Å²) in [5.74, 6) is -4.50. The fourth-order valence-corrected chi connectivity index (χ4v) is 1.10. The zero-order chi connectivity index (χ0) is 12.1. The van der Waals surface area contributed by atoms with Crippen molar-refractivity contribution in [1.82, 2.24) is 0 Å². The van der Waals surface area contributed by atoms with Crippen LogP contribution in [-0.4, -0.2) is 17.7 Å². The molecule has 0 aliphatic carbocycles. The molecule has 1 rings (SSSR count). The third-order valence-electron chi connectivity index (χ3n) is 1.76. The number of carboxylic acid groups (broad SMARTS) is 2. The van der Waals surface area contributed by atoms with E-state index in [1.165, 1.54) is 12.1 Å². The summed E-state index contributed by atoms with van der Waals surface area (Å²) in [5.41, 5.74) is 0. The zero-order valence-corrected chi connectivity index (χ0v) is 8.01. The number of rotatable bonds is 3. The molecule has 0 spiro atoms. The van der Waals surface area contributed by atoms with Crippen LogP contribution in [0.25, 0.3) is 12.2 Å². The molecule has 0 radical (unpaired) electrons. The Balaban J connectivity index is 3.40. The Morgan fingerprint density at radius 2 is 1.44 bits per heavy atom. The molecular formula is C11H6O5-2. The number of carbonyl (C=O) groups is 3. The van der Waals surface area contributed by atoms with Crippen LogP contribution in [0.4, 0.5) is 0 Å². The van der Waals surface area contributed by atoms with E-state index >= 15 is 0 Å². The maximum absolute atomic E-state index is 10.9. The van der Waals surface area contributed by atoms with E-state index in [0.717, 1.165) is 12.2 Å². The Labute approximate surface area is 89.9 Å². The van der Waals surface area contributed by atoms with Gasteiger partial charge in [-0.1, -0.05) is 24.3 Å². The smallest absolute Gasteiger partial charge is 0.201 e. The van der Waals surface area contributed by atoms with Crippen LogP contribution in [-0.2, 0) is 14.4 Å². The van der Waals surface area contributed by atoms with Crippen LogP contribution < -0.4 is 20.7 Å². The van der Waals surface area contributed by atoms with Crippen molar-refractivity contribution in [2.24, 2.45) is 0 Å². The second kappa shape index (κ2) is 4.88. The molecule has 0 saturated heterocycles. The lowest BCUT2D eigenvalue weighted by Gasteiger charge is -1.95. The number of aliphatic carboxylic acids is 2. The molecule has 5 heteroatoms. The highest BCUT2D eigenvalue weighted by Crippen LogP contribution is 1.75. The van der Waals surface area contributed by atoms with Gasteiger partial charge in [-0.15, -0.1) is 0 Å². The van der Waals surface area contributed by atoms with Crippen molar-refractivity contribution in [2.45, 2.75) is 0 Å². The van der Waals surface area contributed by atoms with Gasteiger partial charge in [0.1, 0.15) is 5.97 Å². The third-order valence-corrected chi connectivity index (χ3v) is 1.76. The first-order chi connectivity index (χ1) is 7.50. The minimum Gasteiger partial charge on any atom is -0.545 e. The number of hydrogen-bond donors (Lipinski definition) is 0. The van der Waals surface area contributed by atoms with E-state index in [1.807, 2.05) is 0 Å². The molecule has 0 N–H and O–H groups in total. The Kier molecular flexibility index (Phi) is 3.55. The fraction of sp³-hybridized carbons (Fsp3) is 0. The van der Waals surface area contributed by atoms with Crippen LogP contribution in [0.2, 0.25) is 0 Å². The highest BCUT2D eigenvalue weighted by molar-refractivity contribution is 6.44. The Morgan fingerprint density at radius 3 is 1.88 bits per heavy atom. The minimum atomic E-state index is -1.84. The molecule has 0 amide bonds. The van der Waals surface area contributed by atoms with E-state index < -0.39 is 17.7 Å². The number of Topliss-reactive ketones (excluding diaryl/α,β-unsaturated/α-hetero) is 1. The first-order valence-electron chi connectivity index (χ1n) is 4.25. The molecule has 82 valence electrons. The summed E-state index contributed by atoms with van der Waals surface area (Å²) in [6.07, 6.45) is 1.57. The molecule has 0 aliphatic rings. The van der Waals surface area contributed by atoms with Gasteiger partial charge < -0.3 is 19.8 Å². The summed E-state index contributed by atoms with van der Waals surface area (Å²) >= 11 is 0. The lowest BCUT2D eigenvalue weighted by molar-refractivity contribution is -0.299. The standard InChI is InChI=1S/C11H8O5/c12-9(11(15)16)5-7-3-1-2-4-8(7)6-10(13)14/h1-6H,(H,13,14)(H,15,16)/p-2. The molecule has 0 aromatic heterocycles. The first-order valence-corrected chi connectivity index (χ1v) is 4.25. The molecule has 5 nitrogen and oxygen atoms in total. The molecule has 0 heterocycles. The molecule has 0 bridgehead atoms. The second-order valence-electron chi connectivity index (χ2n) is 2.89. The van der Waals surface area contributed by atoms with Crippen molar-refractivity contribution in [3.05, 3.63) is 34.7 Å². The first kappa shape index (κ1) is 11.6. The van der Waals surface area contributed by atoms with Gasteiger partial charge in [-0.05, 0) is 22.6 Å². The van der Waals surface area contributed by atoms with Crippen molar-refractivity contribution in [2.75, 3.05) is 0 Å². The second-order valence-corrected chi connectivity index (χ2v) is 2.89. The van der Waals surface area contributed by atoms with Crippen molar-refractivity contribution in [1.29, 1.82) is 0 Å². The van der Waals surface area contributed by atoms with Gasteiger partial charge >= 0.3 is 0 Å². The van der Waals surface area contributed by atoms with Gasteiger partial charge in [-0.25, -0.2) is 0 Å². The van der Waals surface area contributed by atoms with Crippen molar-refractivity contribution in [3.63, 3.8) is 0 Å². The number of carbonyl (C=O) groups excluding carboxylic acids is 3. The number of hydrogen-bond acceptors (Lipinski definition) is 5. The highest BCUT2D eigenvalue weighted by atomic mass is 16.4. The highest BCUT2D eigenvalue weighted by Gasteiger charge is 1.96. The summed E-state index contributed by atoms with van der Waals surface area (Å²) in [7, 11) is 0. The van der Waals surface area contributed by atoms with E-state index in [2.05, 4.69) is 0 Å². The van der Waals surface area contributed by atoms with E-state index in [1.54, 1.807) is 12.1 Å². The monoisotopic (exact) mass is 218 g/mol. The maximum atomic E-state index is 10.9. The van der Waals surface area contributed by atoms with Crippen LogP contribution in [0, 0.1) is 0 Å². The zero-order valence-electron chi connectivity index (χ0n) is 8.01. The Hall–Kier alpha value is -2.43. The van der Waals surface area contributed by atoms with Gasteiger partial charge in [0.05, 0.1) is 5.97 Å². The molecule has 0 aliphatic heterocycles. The fourth-order valence-electron chi connectivity index (χ4n) is 1.10. The predicted octanol–water partition coefficient (Wildman–Crippen LogP) is -3.68. The van der Waals surface area contributed by atoms with Gasteiger partial charge in [-0.2, -0.15) is 0 Å². The normalized spacial score (nSPS) is 12.5. The van der Waals surface area contributed by atoms with Gasteiger partial charge in [0.25, 0.3) is 0 Å². The predicted molar refractivity (Wildman–Crippen MR) is 49.6 cm³/mol. The lowest BCUT2D eigenvalue weighted by Crippen LogP contribution is -2.34. The quantitative estimate of drug-likeness (QED) is 0.486. The van der Waals surface area contributed by atoms with Crippen LogP contribution in [0.5, 0.6) is 0 Å². The van der Waals surface area contributed by atoms with E-state index in [9.17, 15) is 24.6 Å². The Morgan fingerprint density at radius 1 is 0.938 bits per heavy atom. The van der Waals surface area contributed by atoms with Crippen molar-refractivity contribution >= 4 is 29.9 Å². The largest absolute Gasteiger partial charge is 0.545 e. The maximum Gasteiger partial charge on any atom is 0.201 e.